The number of piperazine rings is 1. The zero-order valence-corrected chi connectivity index (χ0v) is 17.1. The summed E-state index contributed by atoms with van der Waals surface area (Å²) in [6, 6.07) is 6.59. The number of guanidine groups is 1. The second-order valence-corrected chi connectivity index (χ2v) is 7.20. The number of benzene rings is 1. The lowest BCUT2D eigenvalue weighted by Gasteiger charge is -2.38. The first-order valence-corrected chi connectivity index (χ1v) is 9.90. The van der Waals surface area contributed by atoms with Crippen LogP contribution < -0.4 is 10.2 Å². The second-order valence-electron chi connectivity index (χ2n) is 7.20. The molecule has 0 aliphatic carbocycles. The third-order valence-electron chi connectivity index (χ3n) is 5.25. The van der Waals surface area contributed by atoms with Gasteiger partial charge in [-0.2, -0.15) is 5.10 Å². The van der Waals surface area contributed by atoms with Crippen LogP contribution in [0.2, 0.25) is 0 Å². The summed E-state index contributed by atoms with van der Waals surface area (Å²) in [6.45, 7) is 12.2. The molecule has 0 amide bonds. The fourth-order valence-electron chi connectivity index (χ4n) is 3.56. The number of aryl methyl sites for hydroxylation is 2. The quantitative estimate of drug-likeness (QED) is 0.650. The Balaban J connectivity index is 1.59. The van der Waals surface area contributed by atoms with Crippen molar-refractivity contribution in [3.05, 3.63) is 47.3 Å². The lowest BCUT2D eigenvalue weighted by molar-refractivity contribution is 0.372. The maximum Gasteiger partial charge on any atom is 0.194 e. The molecule has 1 aliphatic rings. The maximum absolute atomic E-state index is 4.85. The number of aliphatic imine (C=N–C) groups is 1. The summed E-state index contributed by atoms with van der Waals surface area (Å²) >= 11 is 0. The fourth-order valence-corrected chi connectivity index (χ4v) is 3.56. The summed E-state index contributed by atoms with van der Waals surface area (Å²) in [6.07, 6.45) is 4.90. The van der Waals surface area contributed by atoms with E-state index in [1.54, 1.807) is 0 Å². The molecule has 1 aromatic carbocycles. The SMILES string of the molecule is CCNC(=NCCc1cnn(C)c1)N1CCN(c2cccc(C)c2C)CC1. The minimum Gasteiger partial charge on any atom is -0.368 e. The molecule has 146 valence electrons. The van der Waals surface area contributed by atoms with Gasteiger partial charge >= 0.3 is 0 Å². The van der Waals surface area contributed by atoms with Gasteiger partial charge in [-0.1, -0.05) is 12.1 Å². The van der Waals surface area contributed by atoms with Gasteiger partial charge in [0.05, 0.1) is 6.20 Å². The normalized spacial score (nSPS) is 15.3. The topological polar surface area (TPSA) is 48.7 Å². The minimum atomic E-state index is 0.783. The Bertz CT molecular complexity index is 771. The molecule has 2 heterocycles. The van der Waals surface area contributed by atoms with Crippen LogP contribution in [0.25, 0.3) is 0 Å². The van der Waals surface area contributed by atoms with Crippen LogP contribution in [0, 0.1) is 13.8 Å². The molecule has 0 saturated carbocycles. The number of anilines is 1. The molecule has 6 nitrogen and oxygen atoms in total. The van der Waals surface area contributed by atoms with Crippen LogP contribution in [0.3, 0.4) is 0 Å². The number of nitrogens with zero attached hydrogens (tertiary/aromatic N) is 5. The maximum atomic E-state index is 4.85. The first kappa shape index (κ1) is 19.3. The van der Waals surface area contributed by atoms with Gasteiger partial charge in [0.2, 0.25) is 0 Å². The average molecular weight is 369 g/mol. The summed E-state index contributed by atoms with van der Waals surface area (Å²) in [5.41, 5.74) is 5.35. The van der Waals surface area contributed by atoms with Gasteiger partial charge < -0.3 is 15.1 Å². The van der Waals surface area contributed by atoms with E-state index in [2.05, 4.69) is 65.4 Å². The van der Waals surface area contributed by atoms with Crippen molar-refractivity contribution in [1.82, 2.24) is 20.0 Å². The molecular formula is C21H32N6. The van der Waals surface area contributed by atoms with Gasteiger partial charge in [0, 0.05) is 58.2 Å². The van der Waals surface area contributed by atoms with Crippen molar-refractivity contribution in [1.29, 1.82) is 0 Å². The highest BCUT2D eigenvalue weighted by Gasteiger charge is 2.21. The van der Waals surface area contributed by atoms with E-state index in [9.17, 15) is 0 Å². The van der Waals surface area contributed by atoms with Crippen molar-refractivity contribution in [3.8, 4) is 0 Å². The molecule has 1 aliphatic heterocycles. The molecule has 1 fully saturated rings. The Morgan fingerprint density at radius 3 is 2.63 bits per heavy atom. The van der Waals surface area contributed by atoms with Crippen molar-refractivity contribution in [2.75, 3.05) is 44.2 Å². The van der Waals surface area contributed by atoms with E-state index in [4.69, 9.17) is 4.99 Å². The van der Waals surface area contributed by atoms with Gasteiger partial charge in [-0.15, -0.1) is 0 Å². The molecule has 3 rings (SSSR count). The Kier molecular flexibility index (Phi) is 6.37. The highest BCUT2D eigenvalue weighted by molar-refractivity contribution is 5.80. The summed E-state index contributed by atoms with van der Waals surface area (Å²) in [7, 11) is 1.95. The predicted molar refractivity (Wildman–Crippen MR) is 113 cm³/mol. The van der Waals surface area contributed by atoms with E-state index in [-0.39, 0.29) is 0 Å². The number of nitrogens with one attached hydrogen (secondary N) is 1. The number of hydrogen-bond donors (Lipinski definition) is 1. The summed E-state index contributed by atoms with van der Waals surface area (Å²) < 4.78 is 1.84. The number of rotatable bonds is 5. The van der Waals surface area contributed by atoms with E-state index in [1.807, 2.05) is 17.9 Å². The zero-order valence-electron chi connectivity index (χ0n) is 17.1. The van der Waals surface area contributed by atoms with Crippen molar-refractivity contribution in [2.45, 2.75) is 27.2 Å². The summed E-state index contributed by atoms with van der Waals surface area (Å²) in [4.78, 5) is 9.73. The van der Waals surface area contributed by atoms with Gasteiger partial charge in [0.15, 0.2) is 5.96 Å². The molecule has 1 N–H and O–H groups in total. The second kappa shape index (κ2) is 8.93. The third kappa shape index (κ3) is 4.81. The standard InChI is InChI=1S/C21H32N6/c1-5-22-21(23-10-9-19-15-24-25(4)16-19)27-13-11-26(12-14-27)20-8-6-7-17(2)18(20)3/h6-8,15-16H,5,9-14H2,1-4H3,(H,22,23). The molecular weight excluding hydrogens is 336 g/mol. The molecule has 2 aromatic rings. The van der Waals surface area contributed by atoms with E-state index >= 15 is 0 Å². The Morgan fingerprint density at radius 1 is 1.19 bits per heavy atom. The smallest absolute Gasteiger partial charge is 0.194 e. The van der Waals surface area contributed by atoms with E-state index < -0.39 is 0 Å². The van der Waals surface area contributed by atoms with Crippen LogP contribution in [0.5, 0.6) is 0 Å². The van der Waals surface area contributed by atoms with Gasteiger partial charge in [0.1, 0.15) is 0 Å². The minimum absolute atomic E-state index is 0.783. The molecule has 0 bridgehead atoms. The molecule has 0 unspecified atom stereocenters. The first-order chi connectivity index (χ1) is 13.1. The van der Waals surface area contributed by atoms with Crippen molar-refractivity contribution in [2.24, 2.45) is 12.0 Å². The van der Waals surface area contributed by atoms with E-state index in [0.717, 1.165) is 51.6 Å². The third-order valence-corrected chi connectivity index (χ3v) is 5.25. The van der Waals surface area contributed by atoms with Gasteiger partial charge in [0.25, 0.3) is 0 Å². The molecule has 0 spiro atoms. The zero-order chi connectivity index (χ0) is 19.2. The monoisotopic (exact) mass is 368 g/mol. The highest BCUT2D eigenvalue weighted by Crippen LogP contribution is 2.23. The molecule has 27 heavy (non-hydrogen) atoms. The summed E-state index contributed by atoms with van der Waals surface area (Å²) in [5, 5.41) is 7.68. The molecule has 6 heteroatoms. The van der Waals surface area contributed by atoms with Crippen LogP contribution in [-0.4, -0.2) is 59.9 Å². The molecule has 1 aromatic heterocycles. The van der Waals surface area contributed by atoms with Crippen LogP contribution in [0.1, 0.15) is 23.6 Å². The van der Waals surface area contributed by atoms with Crippen molar-refractivity contribution < 1.29 is 0 Å². The van der Waals surface area contributed by atoms with Crippen molar-refractivity contribution >= 4 is 11.6 Å². The van der Waals surface area contributed by atoms with Gasteiger partial charge in [-0.3, -0.25) is 9.67 Å². The van der Waals surface area contributed by atoms with E-state index in [1.165, 1.54) is 22.4 Å². The molecule has 0 atom stereocenters. The average Bonchev–Trinajstić information content (AvgIpc) is 3.09. The van der Waals surface area contributed by atoms with E-state index in [0.29, 0.717) is 0 Å². The van der Waals surface area contributed by atoms with Crippen LogP contribution in [-0.2, 0) is 13.5 Å². The fraction of sp³-hybridized carbons (Fsp3) is 0.524. The Morgan fingerprint density at radius 2 is 1.96 bits per heavy atom. The van der Waals surface area contributed by atoms with Crippen LogP contribution >= 0.6 is 0 Å². The Hall–Kier alpha value is -2.50. The highest BCUT2D eigenvalue weighted by atomic mass is 15.3. The number of aromatic nitrogens is 2. The largest absolute Gasteiger partial charge is 0.368 e. The summed E-state index contributed by atoms with van der Waals surface area (Å²) in [5.74, 6) is 1.03. The molecule has 0 radical (unpaired) electrons. The lowest BCUT2D eigenvalue weighted by atomic mass is 10.1. The first-order valence-electron chi connectivity index (χ1n) is 9.90. The van der Waals surface area contributed by atoms with Crippen LogP contribution in [0.15, 0.2) is 35.6 Å². The van der Waals surface area contributed by atoms with Crippen LogP contribution in [0.4, 0.5) is 5.69 Å². The number of hydrogen-bond acceptors (Lipinski definition) is 3. The van der Waals surface area contributed by atoms with Gasteiger partial charge in [-0.05, 0) is 49.9 Å². The van der Waals surface area contributed by atoms with Gasteiger partial charge in [-0.25, -0.2) is 0 Å². The predicted octanol–water partition coefficient (Wildman–Crippen LogP) is 2.37. The van der Waals surface area contributed by atoms with Crippen molar-refractivity contribution in [3.63, 3.8) is 0 Å². The lowest BCUT2D eigenvalue weighted by Crippen LogP contribution is -2.52. The Labute approximate surface area is 162 Å². The molecule has 1 saturated heterocycles.